The summed E-state index contributed by atoms with van der Waals surface area (Å²) >= 11 is 0. The number of ether oxygens (including phenoxy) is 1. The van der Waals surface area contributed by atoms with Crippen molar-refractivity contribution in [1.82, 2.24) is 25.4 Å². The standard InChI is InChI=1S/C30H37BFN5O5/c1-18-14-25(36-37(18)6)27(39)35-22-12-10-21(11-13-22)34-26(38)24-16-20(32)17-33-28(24)40-23-9-7-8-19(15-23)31-41-29(2,3)30(4,5)42-31/h7-9,14-17,21-22H,10-13H2,1-6H3,(H,34,38)(H,35,39). The summed E-state index contributed by atoms with van der Waals surface area (Å²) in [6.45, 7) is 9.80. The molecular weight excluding hydrogens is 540 g/mol. The third kappa shape index (κ3) is 6.34. The molecule has 1 aliphatic carbocycles. The molecule has 2 aliphatic rings. The minimum absolute atomic E-state index is 0.00279. The van der Waals surface area contributed by atoms with Crippen LogP contribution in [0.15, 0.2) is 42.6 Å². The molecule has 0 atom stereocenters. The smallest absolute Gasteiger partial charge is 0.438 e. The largest absolute Gasteiger partial charge is 0.494 e. The average molecular weight is 577 g/mol. The molecule has 2 aromatic heterocycles. The van der Waals surface area contributed by atoms with E-state index >= 15 is 0 Å². The van der Waals surface area contributed by atoms with Gasteiger partial charge < -0.3 is 24.7 Å². The third-order valence-corrected chi connectivity index (χ3v) is 8.40. The predicted octanol–water partition coefficient (Wildman–Crippen LogP) is 3.83. The number of hydrogen-bond donors (Lipinski definition) is 2. The molecule has 2 fully saturated rings. The minimum atomic E-state index is -0.644. The molecule has 1 saturated heterocycles. The van der Waals surface area contributed by atoms with Crippen molar-refractivity contribution < 1.29 is 28.0 Å². The first-order valence-corrected chi connectivity index (χ1v) is 14.2. The van der Waals surface area contributed by atoms with Crippen molar-refractivity contribution in [2.75, 3.05) is 0 Å². The van der Waals surface area contributed by atoms with E-state index in [0.717, 1.165) is 23.4 Å². The van der Waals surface area contributed by atoms with Crippen LogP contribution in [0.2, 0.25) is 0 Å². The van der Waals surface area contributed by atoms with E-state index in [-0.39, 0.29) is 29.4 Å². The van der Waals surface area contributed by atoms with Gasteiger partial charge in [-0.25, -0.2) is 9.37 Å². The normalized spacial score (nSPS) is 21.2. The number of benzene rings is 1. The number of carbonyl (C=O) groups excluding carboxylic acids is 2. The third-order valence-electron chi connectivity index (χ3n) is 8.40. The number of hydrogen-bond acceptors (Lipinski definition) is 7. The van der Waals surface area contributed by atoms with Gasteiger partial charge in [0.2, 0.25) is 5.88 Å². The molecular formula is C30H37BFN5O5. The summed E-state index contributed by atoms with van der Waals surface area (Å²) in [7, 11) is 1.21. The van der Waals surface area contributed by atoms with E-state index in [1.165, 1.54) is 0 Å². The van der Waals surface area contributed by atoms with E-state index in [1.807, 2.05) is 40.7 Å². The molecule has 42 heavy (non-hydrogen) atoms. The summed E-state index contributed by atoms with van der Waals surface area (Å²) in [4.78, 5) is 29.9. The van der Waals surface area contributed by atoms with Crippen LogP contribution in [0.3, 0.4) is 0 Å². The average Bonchev–Trinajstić information content (AvgIpc) is 3.39. The van der Waals surface area contributed by atoms with Gasteiger partial charge in [0.05, 0.1) is 17.4 Å². The molecule has 222 valence electrons. The van der Waals surface area contributed by atoms with Crippen LogP contribution < -0.4 is 20.8 Å². The second-order valence-corrected chi connectivity index (χ2v) is 12.1. The lowest BCUT2D eigenvalue weighted by atomic mass is 9.79. The summed E-state index contributed by atoms with van der Waals surface area (Å²) in [6.07, 6.45) is 3.72. The number of pyridine rings is 1. The van der Waals surface area contributed by atoms with Gasteiger partial charge in [-0.2, -0.15) is 5.10 Å². The topological polar surface area (TPSA) is 117 Å². The first-order valence-electron chi connectivity index (χ1n) is 14.2. The highest BCUT2D eigenvalue weighted by Crippen LogP contribution is 2.37. The van der Waals surface area contributed by atoms with Crippen LogP contribution in [0.1, 0.15) is 79.9 Å². The lowest BCUT2D eigenvalue weighted by Gasteiger charge is -2.32. The first-order chi connectivity index (χ1) is 19.8. The van der Waals surface area contributed by atoms with E-state index in [0.29, 0.717) is 37.1 Å². The number of carbonyl (C=O) groups is 2. The van der Waals surface area contributed by atoms with E-state index in [4.69, 9.17) is 14.0 Å². The SMILES string of the molecule is Cc1cc(C(=O)NC2CCC(NC(=O)c3cc(F)cnc3Oc3cccc(B4OC(C)(C)C(C)(C)O4)c3)CC2)nn1C. The van der Waals surface area contributed by atoms with Gasteiger partial charge in [0.15, 0.2) is 0 Å². The summed E-state index contributed by atoms with van der Waals surface area (Å²) in [6, 6.07) is 9.88. The Labute approximate surface area is 245 Å². The quantitative estimate of drug-likeness (QED) is 0.410. The highest BCUT2D eigenvalue weighted by atomic mass is 19.1. The van der Waals surface area contributed by atoms with Gasteiger partial charge in [-0.15, -0.1) is 0 Å². The van der Waals surface area contributed by atoms with Crippen LogP contribution in [-0.4, -0.2) is 57.0 Å². The molecule has 0 spiro atoms. The molecule has 5 rings (SSSR count). The molecule has 10 nitrogen and oxygen atoms in total. The fraction of sp³-hybridized carbons (Fsp3) is 0.467. The minimum Gasteiger partial charge on any atom is -0.438 e. The van der Waals surface area contributed by atoms with E-state index < -0.39 is 30.0 Å². The molecule has 2 amide bonds. The number of nitrogens with one attached hydrogen (secondary N) is 2. The lowest BCUT2D eigenvalue weighted by Crippen LogP contribution is -2.44. The number of rotatable bonds is 7. The number of nitrogens with zero attached hydrogens (tertiary/aromatic N) is 3. The molecule has 0 radical (unpaired) electrons. The Bertz CT molecular complexity index is 1450. The number of amides is 2. The molecule has 1 aliphatic heterocycles. The number of halogens is 1. The van der Waals surface area contributed by atoms with Gasteiger partial charge in [-0.3, -0.25) is 14.3 Å². The second kappa shape index (κ2) is 11.5. The molecule has 3 aromatic rings. The van der Waals surface area contributed by atoms with Crippen LogP contribution in [0.4, 0.5) is 4.39 Å². The molecule has 0 unspecified atom stereocenters. The zero-order valence-corrected chi connectivity index (χ0v) is 24.9. The van der Waals surface area contributed by atoms with Crippen molar-refractivity contribution in [2.45, 2.75) is 83.6 Å². The van der Waals surface area contributed by atoms with E-state index in [2.05, 4.69) is 20.7 Å². The van der Waals surface area contributed by atoms with Crippen LogP contribution in [0, 0.1) is 12.7 Å². The maximum absolute atomic E-state index is 14.2. The van der Waals surface area contributed by atoms with Crippen molar-refractivity contribution in [3.8, 4) is 11.6 Å². The molecule has 3 heterocycles. The fourth-order valence-corrected chi connectivity index (χ4v) is 5.06. The number of aromatic nitrogens is 3. The van der Waals surface area contributed by atoms with Crippen molar-refractivity contribution >= 4 is 24.4 Å². The van der Waals surface area contributed by atoms with Gasteiger partial charge in [0.25, 0.3) is 11.8 Å². The van der Waals surface area contributed by atoms with E-state index in [1.54, 1.807) is 36.0 Å². The van der Waals surface area contributed by atoms with Gasteiger partial charge in [-0.1, -0.05) is 12.1 Å². The van der Waals surface area contributed by atoms with Crippen molar-refractivity contribution in [2.24, 2.45) is 7.05 Å². The van der Waals surface area contributed by atoms with Gasteiger partial charge in [0.1, 0.15) is 22.8 Å². The monoisotopic (exact) mass is 577 g/mol. The maximum atomic E-state index is 14.2. The van der Waals surface area contributed by atoms with Crippen molar-refractivity contribution in [3.63, 3.8) is 0 Å². The van der Waals surface area contributed by atoms with Gasteiger partial charge in [0, 0.05) is 24.8 Å². The maximum Gasteiger partial charge on any atom is 0.494 e. The Hall–Kier alpha value is -3.77. The van der Waals surface area contributed by atoms with Crippen LogP contribution in [0.5, 0.6) is 11.6 Å². The summed E-state index contributed by atoms with van der Waals surface area (Å²) in [5.74, 6) is -0.923. The number of aryl methyl sites for hydroxylation is 2. The van der Waals surface area contributed by atoms with Crippen LogP contribution >= 0.6 is 0 Å². The summed E-state index contributed by atoms with van der Waals surface area (Å²) in [5, 5.41) is 10.3. The summed E-state index contributed by atoms with van der Waals surface area (Å²) in [5.41, 5.74) is 1.04. The predicted molar refractivity (Wildman–Crippen MR) is 155 cm³/mol. The lowest BCUT2D eigenvalue weighted by molar-refractivity contribution is 0.00578. The van der Waals surface area contributed by atoms with Crippen LogP contribution in [-0.2, 0) is 16.4 Å². The second-order valence-electron chi connectivity index (χ2n) is 12.1. The zero-order valence-electron chi connectivity index (χ0n) is 24.9. The van der Waals surface area contributed by atoms with Crippen LogP contribution in [0.25, 0.3) is 0 Å². The molecule has 0 bridgehead atoms. The summed E-state index contributed by atoms with van der Waals surface area (Å²) < 4.78 is 34.1. The highest BCUT2D eigenvalue weighted by molar-refractivity contribution is 6.62. The van der Waals surface area contributed by atoms with Gasteiger partial charge in [-0.05, 0) is 90.0 Å². The molecule has 1 aromatic carbocycles. The fourth-order valence-electron chi connectivity index (χ4n) is 5.06. The van der Waals surface area contributed by atoms with Gasteiger partial charge >= 0.3 is 7.12 Å². The Morgan fingerprint density at radius 2 is 1.62 bits per heavy atom. The molecule has 2 N–H and O–H groups in total. The Kier molecular flexibility index (Phi) is 8.13. The van der Waals surface area contributed by atoms with Crippen molar-refractivity contribution in [3.05, 3.63) is 65.4 Å². The van der Waals surface area contributed by atoms with Crippen molar-refractivity contribution in [1.29, 1.82) is 0 Å². The molecule has 12 heteroatoms. The first kappa shape index (κ1) is 29.7. The zero-order chi connectivity index (χ0) is 30.2. The Morgan fingerprint density at radius 3 is 2.21 bits per heavy atom. The Balaban J connectivity index is 1.21. The highest BCUT2D eigenvalue weighted by Gasteiger charge is 2.51. The molecule has 1 saturated carbocycles. The Morgan fingerprint density at radius 1 is 1.00 bits per heavy atom. The van der Waals surface area contributed by atoms with E-state index in [9.17, 15) is 14.0 Å².